The average Bonchev–Trinajstić information content (AvgIpc) is 2.89. The molecule has 0 bridgehead atoms. The summed E-state index contributed by atoms with van der Waals surface area (Å²) in [6, 6.07) is 4.39. The van der Waals surface area contributed by atoms with Crippen LogP contribution in [0.5, 0.6) is 0 Å². The molecule has 0 radical (unpaired) electrons. The van der Waals surface area contributed by atoms with Gasteiger partial charge in [-0.25, -0.2) is 9.78 Å². The Morgan fingerprint density at radius 3 is 2.82 bits per heavy atom. The maximum Gasteiger partial charge on any atom is 0.339 e. The fourth-order valence-electron chi connectivity index (χ4n) is 1.68. The maximum atomic E-state index is 12.1. The van der Waals surface area contributed by atoms with Crippen molar-refractivity contribution in [1.82, 2.24) is 10.1 Å². The van der Waals surface area contributed by atoms with Crippen LogP contribution >= 0.6 is 11.6 Å². The summed E-state index contributed by atoms with van der Waals surface area (Å²) in [7, 11) is 0. The molecule has 116 valence electrons. The largest absolute Gasteiger partial charge is 0.449 e. The number of nitrogens with zero attached hydrogens (tertiary/aromatic N) is 2. The Hall–Kier alpha value is -2.41. The molecule has 1 atom stereocenters. The summed E-state index contributed by atoms with van der Waals surface area (Å²) in [4.78, 5) is 27.9. The number of pyridine rings is 1. The molecule has 0 aromatic carbocycles. The molecule has 8 heteroatoms. The number of halogens is 1. The molecule has 2 rings (SSSR count). The monoisotopic (exact) mass is 323 g/mol. The molecular formula is C14H14ClN3O4. The molecule has 2 aromatic rings. The maximum absolute atomic E-state index is 12.1. The standard InChI is InChI=1S/C14H14ClN3O4/c1-3-10(13(19)17-12-6-8(2)22-18-12)21-14(20)9-4-5-16-11(15)7-9/h4-7,10H,3H2,1-2H3,(H,17,18,19). The SMILES string of the molecule is CCC(OC(=O)c1ccnc(Cl)c1)C(=O)Nc1cc(C)on1. The molecule has 0 aliphatic carbocycles. The molecular weight excluding hydrogens is 310 g/mol. The van der Waals surface area contributed by atoms with E-state index in [-0.39, 0.29) is 16.5 Å². The van der Waals surface area contributed by atoms with Gasteiger partial charge in [0.2, 0.25) is 0 Å². The molecule has 2 heterocycles. The van der Waals surface area contributed by atoms with Crippen molar-refractivity contribution in [3.05, 3.63) is 40.9 Å². The van der Waals surface area contributed by atoms with Crippen molar-refractivity contribution in [2.45, 2.75) is 26.4 Å². The zero-order valence-electron chi connectivity index (χ0n) is 12.0. The highest BCUT2D eigenvalue weighted by Gasteiger charge is 2.23. The first-order valence-electron chi connectivity index (χ1n) is 6.56. The number of aryl methyl sites for hydroxylation is 1. The molecule has 0 saturated carbocycles. The number of nitrogens with one attached hydrogen (secondary N) is 1. The quantitative estimate of drug-likeness (QED) is 0.671. The molecule has 0 spiro atoms. The van der Waals surface area contributed by atoms with Gasteiger partial charge in [0, 0.05) is 12.3 Å². The van der Waals surface area contributed by atoms with E-state index >= 15 is 0 Å². The lowest BCUT2D eigenvalue weighted by molar-refractivity contribution is -0.124. The van der Waals surface area contributed by atoms with E-state index in [9.17, 15) is 9.59 Å². The second kappa shape index (κ2) is 7.04. The number of amides is 1. The lowest BCUT2D eigenvalue weighted by Gasteiger charge is -2.15. The van der Waals surface area contributed by atoms with E-state index in [1.165, 1.54) is 18.3 Å². The lowest BCUT2D eigenvalue weighted by Crippen LogP contribution is -2.32. The van der Waals surface area contributed by atoms with Gasteiger partial charge >= 0.3 is 5.97 Å². The highest BCUT2D eigenvalue weighted by atomic mass is 35.5. The summed E-state index contributed by atoms with van der Waals surface area (Å²) < 4.78 is 10.0. The van der Waals surface area contributed by atoms with Crippen LogP contribution in [-0.2, 0) is 9.53 Å². The van der Waals surface area contributed by atoms with Crippen LogP contribution in [0.1, 0.15) is 29.5 Å². The third-order valence-corrected chi connectivity index (χ3v) is 2.96. The van der Waals surface area contributed by atoms with Crippen LogP contribution < -0.4 is 5.32 Å². The van der Waals surface area contributed by atoms with Gasteiger partial charge in [0.05, 0.1) is 5.56 Å². The van der Waals surface area contributed by atoms with E-state index in [2.05, 4.69) is 15.5 Å². The highest BCUT2D eigenvalue weighted by molar-refractivity contribution is 6.29. The molecule has 2 aromatic heterocycles. The van der Waals surface area contributed by atoms with E-state index in [0.29, 0.717) is 12.2 Å². The zero-order valence-corrected chi connectivity index (χ0v) is 12.8. The second-order valence-electron chi connectivity index (χ2n) is 4.48. The molecule has 0 saturated heterocycles. The number of esters is 1. The predicted octanol–water partition coefficient (Wildman–Crippen LogP) is 2.61. The van der Waals surface area contributed by atoms with E-state index in [4.69, 9.17) is 20.9 Å². The van der Waals surface area contributed by atoms with Gasteiger partial charge in [-0.15, -0.1) is 0 Å². The lowest BCUT2D eigenvalue weighted by atomic mass is 10.2. The van der Waals surface area contributed by atoms with Crippen LogP contribution in [0.25, 0.3) is 0 Å². The van der Waals surface area contributed by atoms with Crippen LogP contribution in [0.3, 0.4) is 0 Å². The fourth-order valence-corrected chi connectivity index (χ4v) is 1.85. The normalized spacial score (nSPS) is 11.8. The molecule has 1 N–H and O–H groups in total. The predicted molar refractivity (Wildman–Crippen MR) is 78.6 cm³/mol. The minimum atomic E-state index is -0.948. The second-order valence-corrected chi connectivity index (χ2v) is 4.87. The highest BCUT2D eigenvalue weighted by Crippen LogP contribution is 2.13. The first-order valence-corrected chi connectivity index (χ1v) is 6.94. The minimum Gasteiger partial charge on any atom is -0.449 e. The number of aromatic nitrogens is 2. The Morgan fingerprint density at radius 2 is 2.23 bits per heavy atom. The minimum absolute atomic E-state index is 0.171. The summed E-state index contributed by atoms with van der Waals surface area (Å²) in [6.45, 7) is 3.43. The van der Waals surface area contributed by atoms with Gasteiger partial charge in [0.25, 0.3) is 5.91 Å². The summed E-state index contributed by atoms with van der Waals surface area (Å²) in [5, 5.41) is 6.34. The molecule has 0 aliphatic rings. The Morgan fingerprint density at radius 1 is 1.45 bits per heavy atom. The Bertz CT molecular complexity index is 686. The Labute approximate surface area is 131 Å². The van der Waals surface area contributed by atoms with Gasteiger partial charge in [0.1, 0.15) is 10.9 Å². The van der Waals surface area contributed by atoms with Crippen molar-refractivity contribution >= 4 is 29.3 Å². The van der Waals surface area contributed by atoms with Crippen LogP contribution in [-0.4, -0.2) is 28.1 Å². The van der Waals surface area contributed by atoms with Crippen LogP contribution in [0, 0.1) is 6.92 Å². The van der Waals surface area contributed by atoms with Crippen molar-refractivity contribution in [3.63, 3.8) is 0 Å². The van der Waals surface area contributed by atoms with Gasteiger partial charge in [-0.1, -0.05) is 23.7 Å². The van der Waals surface area contributed by atoms with Crippen molar-refractivity contribution in [2.75, 3.05) is 5.32 Å². The number of rotatable bonds is 5. The van der Waals surface area contributed by atoms with Gasteiger partial charge in [-0.05, 0) is 25.5 Å². The van der Waals surface area contributed by atoms with Crippen molar-refractivity contribution in [2.24, 2.45) is 0 Å². The summed E-state index contributed by atoms with van der Waals surface area (Å²) in [6.07, 6.45) is 0.752. The molecule has 1 amide bonds. The van der Waals surface area contributed by atoms with Gasteiger partial charge in [-0.3, -0.25) is 4.79 Å². The van der Waals surface area contributed by atoms with Gasteiger partial charge in [-0.2, -0.15) is 0 Å². The van der Waals surface area contributed by atoms with Crippen LogP contribution in [0.4, 0.5) is 5.82 Å². The van der Waals surface area contributed by atoms with Crippen molar-refractivity contribution in [3.8, 4) is 0 Å². The van der Waals surface area contributed by atoms with Crippen molar-refractivity contribution < 1.29 is 18.8 Å². The average molecular weight is 324 g/mol. The van der Waals surface area contributed by atoms with Gasteiger partial charge in [0.15, 0.2) is 11.9 Å². The number of hydrogen-bond acceptors (Lipinski definition) is 6. The summed E-state index contributed by atoms with van der Waals surface area (Å²) >= 11 is 5.71. The number of ether oxygens (including phenoxy) is 1. The topological polar surface area (TPSA) is 94.3 Å². The van der Waals surface area contributed by atoms with Crippen LogP contribution in [0.15, 0.2) is 28.9 Å². The van der Waals surface area contributed by atoms with Gasteiger partial charge < -0.3 is 14.6 Å². The first kappa shape index (κ1) is 16.0. The molecule has 0 aliphatic heterocycles. The van der Waals surface area contributed by atoms with E-state index < -0.39 is 18.0 Å². The number of carbonyl (C=O) groups excluding carboxylic acids is 2. The van der Waals surface area contributed by atoms with E-state index in [1.807, 2.05) is 0 Å². The Balaban J connectivity index is 2.02. The summed E-state index contributed by atoms with van der Waals surface area (Å²) in [5.74, 6) is -0.303. The smallest absolute Gasteiger partial charge is 0.339 e. The number of hydrogen-bond donors (Lipinski definition) is 1. The number of anilines is 1. The fraction of sp³-hybridized carbons (Fsp3) is 0.286. The molecule has 0 fully saturated rings. The first-order chi connectivity index (χ1) is 10.5. The third kappa shape index (κ3) is 4.05. The number of carbonyl (C=O) groups is 2. The van der Waals surface area contributed by atoms with Crippen molar-refractivity contribution in [1.29, 1.82) is 0 Å². The van der Waals surface area contributed by atoms with Crippen LogP contribution in [0.2, 0.25) is 5.15 Å². The van der Waals surface area contributed by atoms with E-state index in [1.54, 1.807) is 19.9 Å². The molecule has 1 unspecified atom stereocenters. The van der Waals surface area contributed by atoms with E-state index in [0.717, 1.165) is 0 Å². The zero-order chi connectivity index (χ0) is 16.1. The third-order valence-electron chi connectivity index (χ3n) is 2.75. The molecule has 22 heavy (non-hydrogen) atoms. The molecule has 7 nitrogen and oxygen atoms in total. The summed E-state index contributed by atoms with van der Waals surface area (Å²) in [5.41, 5.74) is 0.225. The Kier molecular flexibility index (Phi) is 5.11.